The van der Waals surface area contributed by atoms with Crippen LogP contribution in [0.3, 0.4) is 0 Å². The largest absolute Gasteiger partial charge is 0.493 e. The van der Waals surface area contributed by atoms with Gasteiger partial charge in [0.2, 0.25) is 0 Å². The zero-order valence-electron chi connectivity index (χ0n) is 17.8. The highest BCUT2D eigenvalue weighted by atomic mass is 19.4. The molecular formula is C24H22F3N3O3. The van der Waals surface area contributed by atoms with Crippen LogP contribution < -0.4 is 15.0 Å². The van der Waals surface area contributed by atoms with Gasteiger partial charge in [0, 0.05) is 43.1 Å². The maximum atomic E-state index is 12.8. The number of ether oxygens (including phenoxy) is 1. The number of halogens is 3. The number of benzene rings is 2. The lowest BCUT2D eigenvalue weighted by Crippen LogP contribution is -2.22. The van der Waals surface area contributed by atoms with Crippen LogP contribution in [0, 0.1) is 0 Å². The Bertz CT molecular complexity index is 1150. The fourth-order valence-electron chi connectivity index (χ4n) is 3.85. The highest BCUT2D eigenvalue weighted by Gasteiger charge is 2.30. The van der Waals surface area contributed by atoms with E-state index in [-0.39, 0.29) is 11.5 Å². The van der Waals surface area contributed by atoms with Gasteiger partial charge in [0.25, 0.3) is 0 Å². The summed E-state index contributed by atoms with van der Waals surface area (Å²) in [7, 11) is 1.78. The Kier molecular flexibility index (Phi) is 6.13. The lowest BCUT2D eigenvalue weighted by atomic mass is 9.92. The van der Waals surface area contributed by atoms with Crippen LogP contribution in [0.2, 0.25) is 0 Å². The summed E-state index contributed by atoms with van der Waals surface area (Å²) in [5.41, 5.74) is 2.31. The summed E-state index contributed by atoms with van der Waals surface area (Å²) in [6, 6.07) is 12.1. The number of hydrogen-bond acceptors (Lipinski definition) is 5. The van der Waals surface area contributed by atoms with Crippen LogP contribution >= 0.6 is 0 Å². The van der Waals surface area contributed by atoms with Gasteiger partial charge in [0.05, 0.1) is 29.6 Å². The van der Waals surface area contributed by atoms with Crippen molar-refractivity contribution in [2.24, 2.45) is 0 Å². The molecule has 2 N–H and O–H groups in total. The number of alkyl halides is 3. The van der Waals surface area contributed by atoms with Crippen LogP contribution in [-0.4, -0.2) is 36.3 Å². The number of aromatic nitrogens is 1. The highest BCUT2D eigenvalue weighted by Crippen LogP contribution is 2.38. The van der Waals surface area contributed by atoms with Crippen LogP contribution in [-0.2, 0) is 6.18 Å². The van der Waals surface area contributed by atoms with E-state index in [0.717, 1.165) is 29.8 Å². The number of rotatable bonds is 6. The molecule has 0 saturated heterocycles. The average molecular weight is 457 g/mol. The van der Waals surface area contributed by atoms with E-state index in [9.17, 15) is 23.1 Å². The minimum Gasteiger partial charge on any atom is -0.493 e. The first kappa shape index (κ1) is 22.4. The second kappa shape index (κ2) is 9.01. The maximum Gasteiger partial charge on any atom is 0.416 e. The quantitative estimate of drug-likeness (QED) is 0.506. The number of aromatic carboxylic acids is 1. The maximum absolute atomic E-state index is 12.8. The Balaban J connectivity index is 1.51. The predicted molar refractivity (Wildman–Crippen MR) is 118 cm³/mol. The van der Waals surface area contributed by atoms with Crippen LogP contribution in [0.4, 0.5) is 30.2 Å². The van der Waals surface area contributed by atoms with Crippen molar-refractivity contribution in [3.8, 4) is 5.75 Å². The Hall–Kier alpha value is -3.75. The van der Waals surface area contributed by atoms with Crippen LogP contribution in [0.15, 0.2) is 60.9 Å². The number of fused-ring (bicyclic) bond motifs is 1. The Labute approximate surface area is 188 Å². The molecule has 33 heavy (non-hydrogen) atoms. The fourth-order valence-corrected chi connectivity index (χ4v) is 3.85. The third-order valence-electron chi connectivity index (χ3n) is 5.72. The zero-order chi connectivity index (χ0) is 23.6. The second-order valence-corrected chi connectivity index (χ2v) is 7.77. The molecule has 0 bridgehead atoms. The SMILES string of the molecule is CN(c1ccc(C(F)(F)F)cc1)c1ccc2c(c1)OCC[C@H]2CNc1cnccc1C(=O)O. The molecule has 4 rings (SSSR count). The summed E-state index contributed by atoms with van der Waals surface area (Å²) in [6.07, 6.45) is -0.684. The molecule has 6 nitrogen and oxygen atoms in total. The van der Waals surface area contributed by atoms with E-state index >= 15 is 0 Å². The number of carboxylic acid groups (broad SMARTS) is 1. The van der Waals surface area contributed by atoms with E-state index < -0.39 is 17.7 Å². The van der Waals surface area contributed by atoms with Gasteiger partial charge in [-0.25, -0.2) is 4.79 Å². The van der Waals surface area contributed by atoms with Gasteiger partial charge in [0.15, 0.2) is 0 Å². The van der Waals surface area contributed by atoms with Gasteiger partial charge in [-0.1, -0.05) is 6.07 Å². The highest BCUT2D eigenvalue weighted by molar-refractivity contribution is 5.93. The number of anilines is 3. The van der Waals surface area contributed by atoms with Crippen molar-refractivity contribution in [1.82, 2.24) is 4.98 Å². The number of pyridine rings is 1. The summed E-state index contributed by atoms with van der Waals surface area (Å²) in [4.78, 5) is 17.2. The summed E-state index contributed by atoms with van der Waals surface area (Å²) in [5, 5.41) is 12.5. The van der Waals surface area contributed by atoms with Crippen molar-refractivity contribution >= 4 is 23.0 Å². The summed E-state index contributed by atoms with van der Waals surface area (Å²) in [6.45, 7) is 1.02. The van der Waals surface area contributed by atoms with Crippen molar-refractivity contribution in [2.45, 2.75) is 18.5 Å². The molecule has 2 heterocycles. The summed E-state index contributed by atoms with van der Waals surface area (Å²) >= 11 is 0. The van der Waals surface area contributed by atoms with Gasteiger partial charge in [-0.15, -0.1) is 0 Å². The minimum absolute atomic E-state index is 0.0982. The smallest absolute Gasteiger partial charge is 0.416 e. The fraction of sp³-hybridized carbons (Fsp3) is 0.250. The molecule has 0 spiro atoms. The monoisotopic (exact) mass is 457 g/mol. The van der Waals surface area contributed by atoms with Crippen LogP contribution in [0.25, 0.3) is 0 Å². The Morgan fingerprint density at radius 2 is 1.91 bits per heavy atom. The molecule has 1 aliphatic heterocycles. The van der Waals surface area contributed by atoms with Gasteiger partial charge < -0.3 is 20.1 Å². The third kappa shape index (κ3) is 4.87. The number of nitrogens with zero attached hydrogens (tertiary/aromatic N) is 2. The first-order valence-corrected chi connectivity index (χ1v) is 10.3. The van der Waals surface area contributed by atoms with Crippen molar-refractivity contribution < 1.29 is 27.8 Å². The molecule has 0 aliphatic carbocycles. The first-order valence-electron chi connectivity index (χ1n) is 10.3. The van der Waals surface area contributed by atoms with Crippen LogP contribution in [0.5, 0.6) is 5.75 Å². The lowest BCUT2D eigenvalue weighted by Gasteiger charge is -2.28. The van der Waals surface area contributed by atoms with Crippen molar-refractivity contribution in [2.75, 3.05) is 30.4 Å². The molecule has 1 atom stereocenters. The van der Waals surface area contributed by atoms with Gasteiger partial charge >= 0.3 is 12.1 Å². The molecule has 0 radical (unpaired) electrons. The van der Waals surface area contributed by atoms with E-state index in [4.69, 9.17) is 4.74 Å². The first-order chi connectivity index (χ1) is 15.7. The van der Waals surface area contributed by atoms with Gasteiger partial charge in [0.1, 0.15) is 5.75 Å². The molecule has 3 aromatic rings. The summed E-state index contributed by atoms with van der Waals surface area (Å²) in [5.74, 6) is -0.224. The molecule has 1 aromatic heterocycles. The number of carbonyl (C=O) groups is 1. The van der Waals surface area contributed by atoms with Gasteiger partial charge in [-0.2, -0.15) is 13.2 Å². The lowest BCUT2D eigenvalue weighted by molar-refractivity contribution is -0.137. The normalized spacial score (nSPS) is 15.3. The van der Waals surface area contributed by atoms with E-state index in [2.05, 4.69) is 10.3 Å². The predicted octanol–water partition coefficient (Wildman–Crippen LogP) is 5.54. The zero-order valence-corrected chi connectivity index (χ0v) is 17.8. The minimum atomic E-state index is -4.37. The molecule has 1 aliphatic rings. The second-order valence-electron chi connectivity index (χ2n) is 7.77. The van der Waals surface area contributed by atoms with E-state index in [1.807, 2.05) is 18.2 Å². The molecule has 0 fully saturated rings. The number of carboxylic acids is 1. The molecule has 0 amide bonds. The van der Waals surface area contributed by atoms with Gasteiger partial charge in [-0.3, -0.25) is 4.98 Å². The summed E-state index contributed by atoms with van der Waals surface area (Å²) < 4.78 is 44.3. The van der Waals surface area contributed by atoms with Crippen molar-refractivity contribution in [3.63, 3.8) is 0 Å². The Morgan fingerprint density at radius 3 is 2.61 bits per heavy atom. The molecule has 0 unspecified atom stereocenters. The standard InChI is InChI=1S/C24H22F3N3O3/c1-30(17-4-2-16(3-5-17)24(25,26)27)18-6-7-19-15(9-11-33-22(19)12-18)13-29-21-14-28-10-8-20(21)23(31)32/h2-8,10,12,14-15,29H,9,11,13H2,1H3,(H,31,32)/t15-/m0/s1. The Morgan fingerprint density at radius 1 is 1.18 bits per heavy atom. The number of nitrogens with one attached hydrogen (secondary N) is 1. The molecule has 9 heteroatoms. The van der Waals surface area contributed by atoms with Crippen molar-refractivity contribution in [3.05, 3.63) is 77.6 Å². The van der Waals surface area contributed by atoms with E-state index in [1.54, 1.807) is 11.9 Å². The van der Waals surface area contributed by atoms with E-state index in [0.29, 0.717) is 30.3 Å². The molecule has 0 saturated carbocycles. The third-order valence-corrected chi connectivity index (χ3v) is 5.72. The van der Waals surface area contributed by atoms with Crippen LogP contribution in [0.1, 0.15) is 33.8 Å². The van der Waals surface area contributed by atoms with E-state index in [1.165, 1.54) is 30.6 Å². The molecule has 2 aromatic carbocycles. The number of hydrogen-bond donors (Lipinski definition) is 2. The van der Waals surface area contributed by atoms with Crippen molar-refractivity contribution in [1.29, 1.82) is 0 Å². The molecule has 172 valence electrons. The molecular weight excluding hydrogens is 435 g/mol. The topological polar surface area (TPSA) is 74.7 Å². The average Bonchev–Trinajstić information content (AvgIpc) is 2.81. The van der Waals surface area contributed by atoms with Gasteiger partial charge in [-0.05, 0) is 48.4 Å².